The molecule has 4 rings (SSSR count). The third-order valence-corrected chi connectivity index (χ3v) is 5.84. The Morgan fingerprint density at radius 3 is 2.39 bits per heavy atom. The molecule has 4 aromatic rings. The van der Waals surface area contributed by atoms with E-state index in [1.54, 1.807) is 14.2 Å². The highest BCUT2D eigenvalue weighted by Gasteiger charge is 2.20. The van der Waals surface area contributed by atoms with E-state index in [-0.39, 0.29) is 0 Å². The highest BCUT2D eigenvalue weighted by Crippen LogP contribution is 2.40. The molecule has 0 fully saturated rings. The SMILES string of the molecule is CCCc1ccc(OCC(=O)O)c(-c2cc(-c3cccc(OC)c3OC)n(Cc3ccccc3)n2)c1. The van der Waals surface area contributed by atoms with Gasteiger partial charge in [-0.05, 0) is 47.9 Å². The molecule has 7 heteroatoms. The molecule has 0 aliphatic rings. The molecule has 7 nitrogen and oxygen atoms in total. The average Bonchev–Trinajstić information content (AvgIpc) is 3.31. The van der Waals surface area contributed by atoms with E-state index < -0.39 is 12.6 Å². The molecule has 0 bridgehead atoms. The number of benzene rings is 3. The summed E-state index contributed by atoms with van der Waals surface area (Å²) >= 11 is 0. The summed E-state index contributed by atoms with van der Waals surface area (Å²) in [5, 5.41) is 14.1. The van der Waals surface area contributed by atoms with Crippen molar-refractivity contribution in [2.24, 2.45) is 0 Å². The molecule has 0 saturated carbocycles. The lowest BCUT2D eigenvalue weighted by atomic mass is 10.0. The molecule has 1 N–H and O–H groups in total. The van der Waals surface area contributed by atoms with Gasteiger partial charge < -0.3 is 19.3 Å². The van der Waals surface area contributed by atoms with Gasteiger partial charge in [-0.3, -0.25) is 4.68 Å². The van der Waals surface area contributed by atoms with Crippen LogP contribution in [0.2, 0.25) is 0 Å². The minimum Gasteiger partial charge on any atom is -0.493 e. The lowest BCUT2D eigenvalue weighted by Gasteiger charge is -2.14. The summed E-state index contributed by atoms with van der Waals surface area (Å²) in [5.41, 5.74) is 5.34. The van der Waals surface area contributed by atoms with Gasteiger partial charge in [-0.25, -0.2) is 4.79 Å². The first-order valence-electron chi connectivity index (χ1n) is 11.8. The fourth-order valence-electron chi connectivity index (χ4n) is 4.22. The van der Waals surface area contributed by atoms with Crippen LogP contribution in [0.15, 0.2) is 72.8 Å². The van der Waals surface area contributed by atoms with Crippen LogP contribution in [0.4, 0.5) is 0 Å². The highest BCUT2D eigenvalue weighted by molar-refractivity contribution is 5.78. The number of rotatable bonds is 11. The standard InChI is InChI=1S/C29H30N2O5/c1-4-9-20-14-15-26(36-19-28(32)33)23(16-20)24-17-25(22-12-8-13-27(34-2)29(22)35-3)31(30-24)18-21-10-6-5-7-11-21/h5-8,10-17H,4,9,18-19H2,1-3H3,(H,32,33). The number of carboxylic acid groups (broad SMARTS) is 1. The Morgan fingerprint density at radius 2 is 1.69 bits per heavy atom. The van der Waals surface area contributed by atoms with E-state index in [1.807, 2.05) is 65.3 Å². The zero-order valence-electron chi connectivity index (χ0n) is 20.7. The summed E-state index contributed by atoms with van der Waals surface area (Å²) in [5.74, 6) is 0.683. The smallest absolute Gasteiger partial charge is 0.341 e. The lowest BCUT2D eigenvalue weighted by Crippen LogP contribution is -2.10. The number of para-hydroxylation sites is 1. The van der Waals surface area contributed by atoms with E-state index in [4.69, 9.17) is 19.3 Å². The van der Waals surface area contributed by atoms with Crippen LogP contribution in [0.1, 0.15) is 24.5 Å². The van der Waals surface area contributed by atoms with Crippen molar-refractivity contribution in [1.29, 1.82) is 0 Å². The van der Waals surface area contributed by atoms with Crippen molar-refractivity contribution in [2.75, 3.05) is 20.8 Å². The Balaban J connectivity index is 1.89. The quantitative estimate of drug-likeness (QED) is 0.293. The number of nitrogens with zero attached hydrogens (tertiary/aromatic N) is 2. The molecule has 0 amide bonds. The van der Waals surface area contributed by atoms with Crippen molar-refractivity contribution in [3.05, 3.63) is 83.9 Å². The number of aryl methyl sites for hydroxylation is 1. The molecular formula is C29H30N2O5. The monoisotopic (exact) mass is 486 g/mol. The van der Waals surface area contributed by atoms with Gasteiger partial charge in [0.25, 0.3) is 0 Å². The number of carboxylic acids is 1. The minimum atomic E-state index is -1.03. The van der Waals surface area contributed by atoms with Crippen LogP contribution in [0.3, 0.4) is 0 Å². The summed E-state index contributed by atoms with van der Waals surface area (Å²) in [6.45, 7) is 2.23. The first-order valence-corrected chi connectivity index (χ1v) is 11.8. The summed E-state index contributed by atoms with van der Waals surface area (Å²) in [7, 11) is 3.23. The number of methoxy groups -OCH3 is 2. The van der Waals surface area contributed by atoms with E-state index in [1.165, 1.54) is 0 Å². The number of ether oxygens (including phenoxy) is 3. The molecule has 0 atom stereocenters. The van der Waals surface area contributed by atoms with E-state index in [0.717, 1.165) is 40.8 Å². The second-order valence-corrected chi connectivity index (χ2v) is 8.36. The van der Waals surface area contributed by atoms with Gasteiger partial charge in [-0.2, -0.15) is 5.10 Å². The molecule has 0 saturated heterocycles. The summed E-state index contributed by atoms with van der Waals surface area (Å²) in [4.78, 5) is 11.2. The number of aromatic nitrogens is 2. The van der Waals surface area contributed by atoms with Crippen molar-refractivity contribution >= 4 is 5.97 Å². The van der Waals surface area contributed by atoms with Crippen molar-refractivity contribution in [3.63, 3.8) is 0 Å². The van der Waals surface area contributed by atoms with Gasteiger partial charge in [0.05, 0.1) is 32.2 Å². The largest absolute Gasteiger partial charge is 0.493 e. The van der Waals surface area contributed by atoms with Gasteiger partial charge in [0.15, 0.2) is 18.1 Å². The Kier molecular flexibility index (Phi) is 7.90. The fraction of sp³-hybridized carbons (Fsp3) is 0.241. The third kappa shape index (κ3) is 5.51. The van der Waals surface area contributed by atoms with Crippen LogP contribution >= 0.6 is 0 Å². The van der Waals surface area contributed by atoms with Gasteiger partial charge in [0.2, 0.25) is 0 Å². The van der Waals surface area contributed by atoms with Crippen LogP contribution in [-0.2, 0) is 17.8 Å². The van der Waals surface area contributed by atoms with E-state index in [9.17, 15) is 9.90 Å². The summed E-state index contributed by atoms with van der Waals surface area (Å²) in [6.07, 6.45) is 1.89. The van der Waals surface area contributed by atoms with E-state index in [2.05, 4.69) is 19.1 Å². The topological polar surface area (TPSA) is 82.8 Å². The number of hydrogen-bond acceptors (Lipinski definition) is 5. The van der Waals surface area contributed by atoms with Crippen LogP contribution < -0.4 is 14.2 Å². The zero-order valence-corrected chi connectivity index (χ0v) is 20.7. The molecule has 186 valence electrons. The minimum absolute atomic E-state index is 0.429. The first-order chi connectivity index (χ1) is 17.5. The average molecular weight is 487 g/mol. The molecule has 0 unspecified atom stereocenters. The third-order valence-electron chi connectivity index (χ3n) is 5.84. The molecule has 0 spiro atoms. The summed E-state index contributed by atoms with van der Waals surface area (Å²) < 4.78 is 18.8. The normalized spacial score (nSPS) is 10.8. The predicted molar refractivity (Wildman–Crippen MR) is 139 cm³/mol. The van der Waals surface area contributed by atoms with Gasteiger partial charge in [0.1, 0.15) is 5.75 Å². The molecule has 36 heavy (non-hydrogen) atoms. The highest BCUT2D eigenvalue weighted by atomic mass is 16.5. The Bertz CT molecular complexity index is 1330. The van der Waals surface area contributed by atoms with Crippen LogP contribution in [0.25, 0.3) is 22.5 Å². The van der Waals surface area contributed by atoms with Crippen LogP contribution in [0.5, 0.6) is 17.2 Å². The van der Waals surface area contributed by atoms with Crippen LogP contribution in [0, 0.1) is 0 Å². The molecule has 0 aliphatic carbocycles. The van der Waals surface area contributed by atoms with Gasteiger partial charge in [0, 0.05) is 11.1 Å². The summed E-state index contributed by atoms with van der Waals surface area (Å²) in [6, 6.07) is 23.6. The van der Waals surface area contributed by atoms with E-state index in [0.29, 0.717) is 29.5 Å². The maximum Gasteiger partial charge on any atom is 0.341 e. The number of hydrogen-bond donors (Lipinski definition) is 1. The maximum absolute atomic E-state index is 11.2. The first kappa shape index (κ1) is 24.9. The molecule has 1 aromatic heterocycles. The maximum atomic E-state index is 11.2. The Hall–Kier alpha value is -4.26. The lowest BCUT2D eigenvalue weighted by molar-refractivity contribution is -0.139. The zero-order chi connectivity index (χ0) is 25.5. The Labute approximate surface area is 210 Å². The predicted octanol–water partition coefficient (Wildman–Crippen LogP) is 5.70. The molecule has 0 radical (unpaired) electrons. The molecule has 3 aromatic carbocycles. The second-order valence-electron chi connectivity index (χ2n) is 8.36. The van der Waals surface area contributed by atoms with Gasteiger partial charge in [-0.1, -0.05) is 55.8 Å². The van der Waals surface area contributed by atoms with Gasteiger partial charge in [-0.15, -0.1) is 0 Å². The molecule has 1 heterocycles. The molecule has 0 aliphatic heterocycles. The Morgan fingerprint density at radius 1 is 0.889 bits per heavy atom. The van der Waals surface area contributed by atoms with Gasteiger partial charge >= 0.3 is 5.97 Å². The number of aliphatic carboxylic acids is 1. The van der Waals surface area contributed by atoms with E-state index >= 15 is 0 Å². The second kappa shape index (κ2) is 11.4. The number of carbonyl (C=O) groups is 1. The van der Waals surface area contributed by atoms with Crippen LogP contribution in [-0.4, -0.2) is 41.7 Å². The molecular weight excluding hydrogens is 456 g/mol. The fourth-order valence-corrected chi connectivity index (χ4v) is 4.22. The van der Waals surface area contributed by atoms with Crippen molar-refractivity contribution < 1.29 is 24.1 Å². The van der Waals surface area contributed by atoms with Crippen molar-refractivity contribution in [2.45, 2.75) is 26.3 Å². The van der Waals surface area contributed by atoms with Crippen molar-refractivity contribution in [1.82, 2.24) is 9.78 Å². The van der Waals surface area contributed by atoms with Crippen molar-refractivity contribution in [3.8, 4) is 39.8 Å².